The summed E-state index contributed by atoms with van der Waals surface area (Å²) in [7, 11) is 8.75. The number of aromatic nitrogens is 16. The summed E-state index contributed by atoms with van der Waals surface area (Å²) >= 11 is 0. The van der Waals surface area contributed by atoms with E-state index in [0.717, 1.165) is 33.1 Å². The second-order valence-electron chi connectivity index (χ2n) is 19.1. The molecule has 110 heavy (non-hydrogen) atoms. The van der Waals surface area contributed by atoms with Gasteiger partial charge in [0.15, 0.2) is 23.3 Å². The van der Waals surface area contributed by atoms with Gasteiger partial charge in [-0.05, 0) is 82.7 Å². The van der Waals surface area contributed by atoms with Gasteiger partial charge in [-0.25, -0.2) is 0 Å². The van der Waals surface area contributed by atoms with Crippen molar-refractivity contribution in [1.82, 2.24) is 90.5 Å². The number of aliphatic hydroxyl groups excluding tert-OH is 2. The molecule has 0 bridgehead atoms. The molecule has 8 heterocycles. The fourth-order valence-electron chi connectivity index (χ4n) is 7.32. The monoisotopic (exact) mass is 1690 g/mol. The van der Waals surface area contributed by atoms with E-state index >= 15 is 0 Å². The van der Waals surface area contributed by atoms with Crippen LogP contribution in [-0.2, 0) is 83.3 Å². The van der Waals surface area contributed by atoms with Crippen molar-refractivity contribution in [3.05, 3.63) is 230 Å². The van der Waals surface area contributed by atoms with Crippen LogP contribution in [0.2, 0.25) is 0 Å². The molecular weight excluding hydrogens is 1610 g/mol. The van der Waals surface area contributed by atoms with Crippen molar-refractivity contribution in [3.63, 3.8) is 0 Å². The number of aromatic amines is 2. The number of amides is 2. The number of para-hydroxylation sites is 4. The second kappa shape index (κ2) is 62.1. The number of aliphatic hydroxyl groups is 2. The first kappa shape index (κ1) is 114. The van der Waals surface area contributed by atoms with Crippen molar-refractivity contribution in [2.75, 3.05) is 42.4 Å². The van der Waals surface area contributed by atoms with Gasteiger partial charge in [0.25, 0.3) is 0 Å². The summed E-state index contributed by atoms with van der Waals surface area (Å²) in [5.41, 5.74) is 4.24. The van der Waals surface area contributed by atoms with Crippen molar-refractivity contribution < 1.29 is 172 Å². The number of aromatic carboxylic acids is 2. The van der Waals surface area contributed by atoms with E-state index in [4.69, 9.17) is 10.2 Å². The van der Waals surface area contributed by atoms with Crippen LogP contribution in [0.4, 0.5) is 0 Å². The van der Waals surface area contributed by atoms with E-state index < -0.39 is 11.9 Å². The summed E-state index contributed by atoms with van der Waals surface area (Å²) < 4.78 is 0. The van der Waals surface area contributed by atoms with E-state index in [1.807, 2.05) is 60.7 Å². The number of H-pyrrole nitrogens is 2. The summed E-state index contributed by atoms with van der Waals surface area (Å²) in [6, 6.07) is 53.4. The Hall–Kier alpha value is -12.0. The number of carboxylic acid groups (broad SMARTS) is 2. The fraction of sp³-hybridized carbons (Fsp3) is 0.0882. The van der Waals surface area contributed by atoms with E-state index in [1.54, 1.807) is 138 Å². The molecule has 0 spiro atoms. The molecule has 5 aromatic carbocycles. The maximum Gasteiger partial charge on any atom is 2.00 e. The summed E-state index contributed by atoms with van der Waals surface area (Å²) in [6.07, 6.45) is 8.18. The SMILES string of the molecule is CN(C)C=O.CN(C)C=O.CO.CO.O.O.O.O.O.O.O.O=C([O-])c1cccc(C(=O)[O-])c1.[Mn+2].[Mn+2].[Mn+2].[Mn+2].[O-]c1ccccc1-c1n[n-]c(-c2ccccn2)n1.[O-]c1ccccc1-c1nnc(-c2ccccn2)[n-]1.[O-]c1ccccc1-c1nnc(-c2ccccn2)[nH]1.[O-]c1ccccc1-c1nnc(-c2ccccn2)[nH]1.[OH3+]. The molecule has 586 valence electrons. The zero-order valence-electron chi connectivity index (χ0n) is 58.7. The number of nitrogens with zero attached hydrogens (tertiary/aromatic N) is 16. The number of carboxylic acids is 2. The average molecular weight is 1690 g/mol. The van der Waals surface area contributed by atoms with Gasteiger partial charge in [-0.2, -0.15) is 0 Å². The van der Waals surface area contributed by atoms with Gasteiger partial charge >= 0.3 is 68.3 Å². The third-order valence-electron chi connectivity index (χ3n) is 11.8. The van der Waals surface area contributed by atoms with E-state index in [1.165, 1.54) is 52.3 Å². The number of pyridine rings is 4. The predicted molar refractivity (Wildman–Crippen MR) is 377 cm³/mol. The zero-order valence-corrected chi connectivity index (χ0v) is 63.4. The van der Waals surface area contributed by atoms with Crippen LogP contribution in [0.1, 0.15) is 20.7 Å². The molecule has 0 atom stereocenters. The van der Waals surface area contributed by atoms with Crippen LogP contribution >= 0.6 is 0 Å². The molecule has 0 aliphatic heterocycles. The Balaban J connectivity index is -0.000000185. The quantitative estimate of drug-likeness (QED) is 0.0515. The number of carbonyl (C=O) groups excluding carboxylic acids is 4. The Morgan fingerprint density at radius 3 is 0.991 bits per heavy atom. The van der Waals surface area contributed by atoms with Gasteiger partial charge < -0.3 is 139 Å². The molecule has 21 N–H and O–H groups in total. The molecule has 0 saturated heterocycles. The van der Waals surface area contributed by atoms with Crippen LogP contribution in [-0.4, -0.2) is 196 Å². The van der Waals surface area contributed by atoms with Crippen molar-refractivity contribution in [3.8, 4) is 115 Å². The minimum Gasteiger partial charge on any atom is -0.872 e. The maximum absolute atomic E-state index is 11.7. The summed E-state index contributed by atoms with van der Waals surface area (Å²) in [5.74, 6) is 0.337. The van der Waals surface area contributed by atoms with Gasteiger partial charge in [0.05, 0.1) is 29.2 Å². The first-order valence-electron chi connectivity index (χ1n) is 28.5. The Labute approximate surface area is 670 Å². The second-order valence-corrected chi connectivity index (χ2v) is 19.1. The van der Waals surface area contributed by atoms with Crippen LogP contribution in [0, 0.1) is 0 Å². The number of hydrogen-bond acceptors (Lipinski definition) is 24. The standard InChI is InChI=1S/2C13H10N4O.2C13H9N4O.C8H6O4.2C3H7NO.2CH4O.4Mn.8H2O/c4*18-11-7-2-1-5-9(11)12-15-13(17-16-12)10-6-3-4-8-14-10;9-7(10)5-2-1-3-6(4-5)8(11)12;2*1-4(2)3-5;2*1-2;;;;;;;;;;;;/h2*1-8,18H,(H,15,16,17);2*1-8H,(H-,14,15,16,17,18);1-4H,(H,9,10)(H,11,12);2*3H,1-2H3;2*2H,1H3;;;;;8*1H2/q;;2*-1;;;;;;4*+2;;;;;;;;/p-5. The average Bonchev–Trinajstić information content (AvgIpc) is 1.70. The summed E-state index contributed by atoms with van der Waals surface area (Å²) in [5, 5.41) is 113. The molecule has 42 heteroatoms. The van der Waals surface area contributed by atoms with Crippen LogP contribution in [0.15, 0.2) is 219 Å². The van der Waals surface area contributed by atoms with Gasteiger partial charge in [-0.1, -0.05) is 157 Å². The molecule has 4 radical (unpaired) electrons. The van der Waals surface area contributed by atoms with E-state index in [0.29, 0.717) is 91.6 Å². The molecule has 0 unspecified atom stereocenters. The predicted octanol–water partition coefficient (Wildman–Crippen LogP) is -3.98. The Morgan fingerprint density at radius 1 is 0.382 bits per heavy atom. The molecule has 13 rings (SSSR count). The van der Waals surface area contributed by atoms with E-state index in [9.17, 15) is 49.8 Å². The topological polar surface area (TPSA) is 722 Å². The minimum absolute atomic E-state index is 0. The largest absolute Gasteiger partial charge is 2.00 e. The number of carbonyl (C=O) groups is 4. The molecular formula is C68H77Mn4N18O20+. The van der Waals surface area contributed by atoms with Gasteiger partial charge in [0, 0.05) is 90.0 Å². The Morgan fingerprint density at radius 2 is 0.673 bits per heavy atom. The van der Waals surface area contributed by atoms with Crippen LogP contribution in [0.25, 0.3) is 91.6 Å². The first-order chi connectivity index (χ1) is 47.5. The molecule has 13 aromatic rings. The van der Waals surface area contributed by atoms with Crippen molar-refractivity contribution in [2.45, 2.75) is 0 Å². The molecule has 2 amide bonds. The molecule has 0 aliphatic rings. The summed E-state index contributed by atoms with van der Waals surface area (Å²) in [4.78, 5) is 73.3. The maximum atomic E-state index is 11.7. The van der Waals surface area contributed by atoms with E-state index in [2.05, 4.69) is 80.7 Å². The normalized spacial score (nSPS) is 8.58. The fourth-order valence-corrected chi connectivity index (χ4v) is 7.32. The number of benzene rings is 5. The van der Waals surface area contributed by atoms with E-state index in [-0.39, 0.29) is 146 Å². The van der Waals surface area contributed by atoms with Crippen molar-refractivity contribution in [1.29, 1.82) is 0 Å². The first-order valence-corrected chi connectivity index (χ1v) is 28.5. The van der Waals surface area contributed by atoms with Crippen molar-refractivity contribution >= 4 is 24.8 Å². The van der Waals surface area contributed by atoms with Crippen LogP contribution in [0.5, 0.6) is 23.0 Å². The number of rotatable bonds is 12. The summed E-state index contributed by atoms with van der Waals surface area (Å²) in [6.45, 7) is 0. The third kappa shape index (κ3) is 36.5. The van der Waals surface area contributed by atoms with Crippen LogP contribution in [0.3, 0.4) is 0 Å². The van der Waals surface area contributed by atoms with Gasteiger partial charge in [-0.15, -0.1) is 26.1 Å². The van der Waals surface area contributed by atoms with Gasteiger partial charge in [0.1, 0.15) is 11.4 Å². The molecule has 0 fully saturated rings. The number of hydrogen-bond donors (Lipinski definition) is 4. The van der Waals surface area contributed by atoms with Gasteiger partial charge in [-0.3, -0.25) is 34.6 Å². The van der Waals surface area contributed by atoms with Crippen molar-refractivity contribution in [2.24, 2.45) is 0 Å². The number of nitrogens with one attached hydrogen (secondary N) is 2. The minimum atomic E-state index is -1.40. The molecule has 0 saturated carbocycles. The third-order valence-corrected chi connectivity index (χ3v) is 11.8. The zero-order chi connectivity index (χ0) is 71.2. The molecule has 8 aromatic heterocycles. The van der Waals surface area contributed by atoms with Crippen LogP contribution < -0.4 is 40.7 Å². The molecule has 38 nitrogen and oxygen atoms in total. The Kier molecular flexibility index (Phi) is 64.3. The Bertz CT molecular complexity index is 4010. The van der Waals surface area contributed by atoms with Gasteiger partial charge in [0.2, 0.25) is 12.8 Å². The smallest absolute Gasteiger partial charge is 0.872 e. The molecule has 0 aliphatic carbocycles.